The number of phenolic OH excluding ortho intramolecular Hbond substituents is 1. The number of Topliss-reactive ketones (excluding diaryl/α,β-unsaturated/α-hetero) is 1. The first-order chi connectivity index (χ1) is 15.4. The monoisotopic (exact) mass is 433 g/mol. The maximum atomic E-state index is 13.5. The second-order valence-electron chi connectivity index (χ2n) is 8.11. The van der Waals surface area contributed by atoms with Crippen LogP contribution in [0.1, 0.15) is 49.7 Å². The summed E-state index contributed by atoms with van der Waals surface area (Å²) in [6.07, 6.45) is 0.994. The Kier molecular flexibility index (Phi) is 6.04. The molecule has 6 heteroatoms. The molecule has 2 N–H and O–H groups in total. The molecular weight excluding hydrogens is 406 g/mol. The van der Waals surface area contributed by atoms with Gasteiger partial charge in [0.25, 0.3) is 0 Å². The summed E-state index contributed by atoms with van der Waals surface area (Å²) >= 11 is 0. The number of nitrogens with one attached hydrogen (secondary N) is 1. The molecule has 1 aliphatic carbocycles. The topological polar surface area (TPSA) is 84.9 Å². The largest absolute Gasteiger partial charge is 0.508 e. The van der Waals surface area contributed by atoms with Crippen LogP contribution in [-0.4, -0.2) is 30.6 Å². The number of hydrogen-bond donors (Lipinski definition) is 2. The smallest absolute Gasteiger partial charge is 0.336 e. The molecule has 0 aromatic heterocycles. The number of dihydropyridines is 1. The van der Waals surface area contributed by atoms with E-state index in [4.69, 9.17) is 9.47 Å². The number of hydrogen-bond acceptors (Lipinski definition) is 6. The summed E-state index contributed by atoms with van der Waals surface area (Å²) in [6.45, 7) is 3.82. The fourth-order valence-electron chi connectivity index (χ4n) is 4.67. The molecular formula is C26H27NO5. The van der Waals surface area contributed by atoms with Crippen molar-refractivity contribution >= 4 is 11.8 Å². The lowest BCUT2D eigenvalue weighted by Crippen LogP contribution is -2.36. The number of carbonyl (C=O) groups is 2. The zero-order chi connectivity index (χ0) is 22.8. The molecule has 1 aliphatic heterocycles. The summed E-state index contributed by atoms with van der Waals surface area (Å²) in [5, 5.41) is 13.4. The lowest BCUT2D eigenvalue weighted by Gasteiger charge is -2.36. The van der Waals surface area contributed by atoms with E-state index < -0.39 is 11.9 Å². The van der Waals surface area contributed by atoms with Gasteiger partial charge >= 0.3 is 5.97 Å². The molecule has 0 saturated heterocycles. The van der Waals surface area contributed by atoms with Crippen molar-refractivity contribution in [1.82, 2.24) is 5.32 Å². The maximum Gasteiger partial charge on any atom is 0.336 e. The van der Waals surface area contributed by atoms with E-state index in [1.54, 1.807) is 32.2 Å². The van der Waals surface area contributed by atoms with Gasteiger partial charge < -0.3 is 19.9 Å². The van der Waals surface area contributed by atoms with Crippen LogP contribution < -0.4 is 10.1 Å². The number of phenols is 1. The van der Waals surface area contributed by atoms with Crippen LogP contribution in [0.25, 0.3) is 0 Å². The van der Waals surface area contributed by atoms with Crippen molar-refractivity contribution in [2.45, 2.75) is 38.5 Å². The number of ketones is 1. The van der Waals surface area contributed by atoms with Gasteiger partial charge in [0.05, 0.1) is 19.3 Å². The molecule has 2 atom stereocenters. The molecule has 2 unspecified atom stereocenters. The highest BCUT2D eigenvalue weighted by Crippen LogP contribution is 2.46. The van der Waals surface area contributed by atoms with Crippen LogP contribution in [-0.2, 0) is 14.3 Å². The highest BCUT2D eigenvalue weighted by atomic mass is 16.5. The zero-order valence-corrected chi connectivity index (χ0v) is 18.5. The van der Waals surface area contributed by atoms with Crippen molar-refractivity contribution in [2.24, 2.45) is 0 Å². The van der Waals surface area contributed by atoms with Gasteiger partial charge in [0, 0.05) is 29.3 Å². The van der Waals surface area contributed by atoms with Crippen molar-refractivity contribution in [3.63, 3.8) is 0 Å². The maximum absolute atomic E-state index is 13.5. The van der Waals surface area contributed by atoms with Crippen LogP contribution in [0.4, 0.5) is 0 Å². The summed E-state index contributed by atoms with van der Waals surface area (Å²) in [6, 6.07) is 14.5. The van der Waals surface area contributed by atoms with E-state index in [9.17, 15) is 14.7 Å². The van der Waals surface area contributed by atoms with Crippen LogP contribution in [0, 0.1) is 0 Å². The average Bonchev–Trinajstić information content (AvgIpc) is 2.78. The molecule has 0 fully saturated rings. The number of benzene rings is 2. The van der Waals surface area contributed by atoms with Gasteiger partial charge in [-0.05, 0) is 61.6 Å². The number of methoxy groups -OCH3 is 1. The van der Waals surface area contributed by atoms with E-state index >= 15 is 0 Å². The quantitative estimate of drug-likeness (QED) is 0.683. The zero-order valence-electron chi connectivity index (χ0n) is 18.5. The third kappa shape index (κ3) is 4.00. The molecule has 1 heterocycles. The molecule has 0 spiro atoms. The van der Waals surface area contributed by atoms with Gasteiger partial charge in [-0.25, -0.2) is 4.79 Å². The lowest BCUT2D eigenvalue weighted by atomic mass is 9.71. The normalized spacial score (nSPS) is 20.5. The van der Waals surface area contributed by atoms with E-state index in [0.717, 1.165) is 17.0 Å². The Morgan fingerprint density at radius 1 is 1.12 bits per heavy atom. The second kappa shape index (κ2) is 8.91. The summed E-state index contributed by atoms with van der Waals surface area (Å²) in [5.41, 5.74) is 4.23. The standard InChI is InChI=1S/C26H27NO5/c1-4-32-26(30)23-15(2)27-21-13-18(16-8-10-20(31-3)11-9-16)14-22(29)25(21)24(23)17-6-5-7-19(28)12-17/h5-12,18,24,27-28H,4,13-14H2,1-3H3. The number of carbonyl (C=O) groups excluding carboxylic acids is 2. The van der Waals surface area contributed by atoms with Crippen LogP contribution in [0.3, 0.4) is 0 Å². The molecule has 0 radical (unpaired) electrons. The van der Waals surface area contributed by atoms with Gasteiger partial charge in [-0.1, -0.05) is 24.3 Å². The van der Waals surface area contributed by atoms with Crippen molar-refractivity contribution in [3.8, 4) is 11.5 Å². The number of rotatable bonds is 5. The van der Waals surface area contributed by atoms with Gasteiger partial charge in [0.2, 0.25) is 0 Å². The average molecular weight is 434 g/mol. The SMILES string of the molecule is CCOC(=O)C1=C(C)NC2=C(C(=O)CC(c3ccc(OC)cc3)C2)C1c1cccc(O)c1. The highest BCUT2D eigenvalue weighted by molar-refractivity contribution is 6.04. The van der Waals surface area contributed by atoms with Crippen LogP contribution in [0.15, 0.2) is 71.1 Å². The predicted molar refractivity (Wildman–Crippen MR) is 120 cm³/mol. The molecule has 0 bridgehead atoms. The number of esters is 1. The van der Waals surface area contributed by atoms with Gasteiger partial charge in [-0.15, -0.1) is 0 Å². The molecule has 2 aromatic rings. The molecule has 0 amide bonds. The summed E-state index contributed by atoms with van der Waals surface area (Å²) < 4.78 is 10.6. The van der Waals surface area contributed by atoms with E-state index in [2.05, 4.69) is 5.32 Å². The van der Waals surface area contributed by atoms with Gasteiger partial charge in [-0.3, -0.25) is 4.79 Å². The molecule has 4 rings (SSSR count). The second-order valence-corrected chi connectivity index (χ2v) is 8.11. The molecule has 2 aromatic carbocycles. The Hall–Kier alpha value is -3.54. The molecule has 166 valence electrons. The molecule has 2 aliphatic rings. The Morgan fingerprint density at radius 2 is 1.88 bits per heavy atom. The lowest BCUT2D eigenvalue weighted by molar-refractivity contribution is -0.138. The summed E-state index contributed by atoms with van der Waals surface area (Å²) in [7, 11) is 1.62. The van der Waals surface area contributed by atoms with E-state index in [1.165, 1.54) is 0 Å². The first-order valence-corrected chi connectivity index (χ1v) is 10.8. The fourth-order valence-corrected chi connectivity index (χ4v) is 4.67. The highest BCUT2D eigenvalue weighted by Gasteiger charge is 2.41. The van der Waals surface area contributed by atoms with Crippen molar-refractivity contribution in [3.05, 3.63) is 82.2 Å². The first-order valence-electron chi connectivity index (χ1n) is 10.8. The number of allylic oxidation sites excluding steroid dienone is 3. The number of aromatic hydroxyl groups is 1. The summed E-state index contributed by atoms with van der Waals surface area (Å²) in [4.78, 5) is 26.4. The Morgan fingerprint density at radius 3 is 2.53 bits per heavy atom. The third-order valence-corrected chi connectivity index (χ3v) is 6.11. The van der Waals surface area contributed by atoms with Crippen LogP contribution in [0.5, 0.6) is 11.5 Å². The van der Waals surface area contributed by atoms with E-state index in [0.29, 0.717) is 35.2 Å². The summed E-state index contributed by atoms with van der Waals surface area (Å²) in [5.74, 6) is -0.162. The molecule has 0 saturated carbocycles. The van der Waals surface area contributed by atoms with Crippen LogP contribution >= 0.6 is 0 Å². The van der Waals surface area contributed by atoms with Gasteiger partial charge in [0.15, 0.2) is 5.78 Å². The van der Waals surface area contributed by atoms with Crippen molar-refractivity contribution < 1.29 is 24.2 Å². The van der Waals surface area contributed by atoms with Crippen LogP contribution in [0.2, 0.25) is 0 Å². The number of ether oxygens (including phenoxy) is 2. The minimum absolute atomic E-state index is 0.0118. The molecule has 32 heavy (non-hydrogen) atoms. The van der Waals surface area contributed by atoms with E-state index in [1.807, 2.05) is 37.3 Å². The first kappa shape index (κ1) is 21.7. The third-order valence-electron chi connectivity index (χ3n) is 6.11. The van der Waals surface area contributed by atoms with Gasteiger partial charge in [0.1, 0.15) is 11.5 Å². The fraction of sp³-hybridized carbons (Fsp3) is 0.308. The predicted octanol–water partition coefficient (Wildman–Crippen LogP) is 4.33. The van der Waals surface area contributed by atoms with E-state index in [-0.39, 0.29) is 24.1 Å². The molecule has 6 nitrogen and oxygen atoms in total. The Bertz CT molecular complexity index is 1110. The van der Waals surface area contributed by atoms with Crippen molar-refractivity contribution in [1.29, 1.82) is 0 Å². The van der Waals surface area contributed by atoms with Crippen molar-refractivity contribution in [2.75, 3.05) is 13.7 Å². The Labute approximate surface area is 187 Å². The minimum atomic E-state index is -0.582. The van der Waals surface area contributed by atoms with Gasteiger partial charge in [-0.2, -0.15) is 0 Å². The minimum Gasteiger partial charge on any atom is -0.508 e. The Balaban J connectivity index is 1.77.